The minimum atomic E-state index is -0.321. The summed E-state index contributed by atoms with van der Waals surface area (Å²) in [5.41, 5.74) is 1.43. The predicted octanol–water partition coefficient (Wildman–Crippen LogP) is 5.09. The lowest BCUT2D eigenvalue weighted by Gasteiger charge is -2.25. The molecule has 8 heteroatoms. The molecule has 3 rings (SSSR count). The third-order valence-corrected chi connectivity index (χ3v) is 5.08. The molecule has 0 radical (unpaired) electrons. The highest BCUT2D eigenvalue weighted by atomic mass is 35.5. The summed E-state index contributed by atoms with van der Waals surface area (Å²) in [5, 5.41) is 6.33. The normalized spacial score (nSPS) is 14.1. The number of rotatable bonds is 5. The van der Waals surface area contributed by atoms with E-state index in [9.17, 15) is 9.59 Å². The maximum Gasteiger partial charge on any atom is 0.257 e. The van der Waals surface area contributed by atoms with Gasteiger partial charge in [0.1, 0.15) is 0 Å². The van der Waals surface area contributed by atoms with Crippen LogP contribution in [0.15, 0.2) is 42.5 Å². The summed E-state index contributed by atoms with van der Waals surface area (Å²) in [6.07, 6.45) is 3.49. The number of amides is 2. The van der Waals surface area contributed by atoms with E-state index in [-0.39, 0.29) is 24.2 Å². The molecule has 0 bridgehead atoms. The number of nitrogens with one attached hydrogen (secondary N) is 2. The molecule has 5 nitrogen and oxygen atoms in total. The summed E-state index contributed by atoms with van der Waals surface area (Å²) in [6, 6.07) is 11.8. The fourth-order valence-corrected chi connectivity index (χ4v) is 3.50. The van der Waals surface area contributed by atoms with Gasteiger partial charge in [-0.3, -0.25) is 14.5 Å². The molecule has 0 aromatic heterocycles. The molecule has 1 aliphatic rings. The molecule has 0 saturated carbocycles. The first-order valence-electron chi connectivity index (χ1n) is 8.90. The van der Waals surface area contributed by atoms with Crippen molar-refractivity contribution in [2.45, 2.75) is 19.3 Å². The second kappa shape index (κ2) is 10.7. The van der Waals surface area contributed by atoms with Crippen LogP contribution in [-0.2, 0) is 4.79 Å². The largest absolute Gasteiger partial charge is 0.324 e. The molecule has 2 aromatic rings. The molecule has 2 amide bonds. The summed E-state index contributed by atoms with van der Waals surface area (Å²) in [7, 11) is 0. The zero-order valence-corrected chi connectivity index (χ0v) is 17.5. The van der Waals surface area contributed by atoms with Crippen LogP contribution in [0.3, 0.4) is 0 Å². The predicted molar refractivity (Wildman–Crippen MR) is 117 cm³/mol. The van der Waals surface area contributed by atoms with Crippen LogP contribution in [0, 0.1) is 0 Å². The number of piperidine rings is 1. The van der Waals surface area contributed by atoms with Crippen molar-refractivity contribution in [3.63, 3.8) is 0 Å². The van der Waals surface area contributed by atoms with Gasteiger partial charge < -0.3 is 10.6 Å². The van der Waals surface area contributed by atoms with Crippen molar-refractivity contribution < 1.29 is 9.59 Å². The van der Waals surface area contributed by atoms with E-state index >= 15 is 0 Å². The van der Waals surface area contributed by atoms with Gasteiger partial charge in [-0.15, -0.1) is 12.4 Å². The lowest BCUT2D eigenvalue weighted by molar-refractivity contribution is -0.117. The van der Waals surface area contributed by atoms with Crippen LogP contribution < -0.4 is 10.6 Å². The quantitative estimate of drug-likeness (QED) is 0.678. The molecule has 28 heavy (non-hydrogen) atoms. The van der Waals surface area contributed by atoms with Crippen molar-refractivity contribution in [2.75, 3.05) is 30.3 Å². The van der Waals surface area contributed by atoms with Crippen LogP contribution in [-0.4, -0.2) is 36.3 Å². The first-order chi connectivity index (χ1) is 13.0. The molecule has 1 saturated heterocycles. The van der Waals surface area contributed by atoms with Crippen molar-refractivity contribution in [2.24, 2.45) is 0 Å². The van der Waals surface area contributed by atoms with E-state index in [4.69, 9.17) is 23.2 Å². The highest BCUT2D eigenvalue weighted by molar-refractivity contribution is 6.35. The van der Waals surface area contributed by atoms with Crippen LogP contribution in [0.1, 0.15) is 29.6 Å². The van der Waals surface area contributed by atoms with Crippen molar-refractivity contribution in [1.29, 1.82) is 0 Å². The maximum absolute atomic E-state index is 12.3. The molecule has 0 unspecified atom stereocenters. The average Bonchev–Trinajstić information content (AvgIpc) is 2.65. The van der Waals surface area contributed by atoms with E-state index < -0.39 is 0 Å². The van der Waals surface area contributed by atoms with Gasteiger partial charge in [-0.1, -0.05) is 41.8 Å². The maximum atomic E-state index is 12.3. The van der Waals surface area contributed by atoms with E-state index in [1.807, 2.05) is 0 Å². The smallest absolute Gasteiger partial charge is 0.257 e. The lowest BCUT2D eigenvalue weighted by atomic mass is 10.1. The van der Waals surface area contributed by atoms with Gasteiger partial charge in [0.15, 0.2) is 0 Å². The number of likely N-dealkylation sites (tertiary alicyclic amines) is 1. The minimum Gasteiger partial charge on any atom is -0.324 e. The number of halogens is 3. The molecular formula is C20H22Cl3N3O2. The molecule has 0 aliphatic carbocycles. The Morgan fingerprint density at radius 1 is 0.929 bits per heavy atom. The molecule has 2 N–H and O–H groups in total. The molecule has 0 atom stereocenters. The monoisotopic (exact) mass is 441 g/mol. The summed E-state index contributed by atoms with van der Waals surface area (Å²) in [6.45, 7) is 2.27. The number of anilines is 2. The van der Waals surface area contributed by atoms with Gasteiger partial charge in [-0.05, 0) is 56.3 Å². The van der Waals surface area contributed by atoms with Crippen molar-refractivity contribution in [1.82, 2.24) is 4.90 Å². The molecule has 1 fully saturated rings. The average molecular weight is 443 g/mol. The number of nitrogens with zero attached hydrogens (tertiary/aromatic N) is 1. The van der Waals surface area contributed by atoms with Crippen LogP contribution >= 0.6 is 35.6 Å². The number of carbonyl (C=O) groups is 2. The van der Waals surface area contributed by atoms with Gasteiger partial charge in [0.25, 0.3) is 5.91 Å². The van der Waals surface area contributed by atoms with E-state index in [0.29, 0.717) is 33.5 Å². The Morgan fingerprint density at radius 3 is 2.32 bits per heavy atom. The van der Waals surface area contributed by atoms with Crippen molar-refractivity contribution in [3.8, 4) is 0 Å². The molecular weight excluding hydrogens is 421 g/mol. The zero-order valence-electron chi connectivity index (χ0n) is 15.2. The van der Waals surface area contributed by atoms with Crippen molar-refractivity contribution in [3.05, 3.63) is 58.1 Å². The lowest BCUT2D eigenvalue weighted by Crippen LogP contribution is -2.36. The SMILES string of the molecule is Cl.O=C(CN1CCCCC1)Nc1ccc(NC(=O)c2ccccc2Cl)cc1Cl. The Hall–Kier alpha value is -1.79. The number of hydrogen-bond donors (Lipinski definition) is 2. The van der Waals surface area contributed by atoms with Gasteiger partial charge in [-0.25, -0.2) is 0 Å². The van der Waals surface area contributed by atoms with Gasteiger partial charge in [0.05, 0.1) is 27.8 Å². The number of benzene rings is 2. The second-order valence-corrected chi connectivity index (χ2v) is 7.33. The van der Waals surface area contributed by atoms with Crippen LogP contribution in [0.2, 0.25) is 10.0 Å². The van der Waals surface area contributed by atoms with E-state index in [0.717, 1.165) is 25.9 Å². The Morgan fingerprint density at radius 2 is 1.64 bits per heavy atom. The number of carbonyl (C=O) groups excluding carboxylic acids is 2. The van der Waals surface area contributed by atoms with E-state index in [1.54, 1.807) is 42.5 Å². The Labute approximate surface area is 180 Å². The third kappa shape index (κ3) is 6.11. The first kappa shape index (κ1) is 22.5. The van der Waals surface area contributed by atoms with E-state index in [1.165, 1.54) is 6.42 Å². The molecule has 1 heterocycles. The van der Waals surface area contributed by atoms with Gasteiger partial charge >= 0.3 is 0 Å². The fraction of sp³-hybridized carbons (Fsp3) is 0.300. The van der Waals surface area contributed by atoms with E-state index in [2.05, 4.69) is 15.5 Å². The molecule has 0 spiro atoms. The molecule has 150 valence electrons. The summed E-state index contributed by atoms with van der Waals surface area (Å²) < 4.78 is 0. The third-order valence-electron chi connectivity index (χ3n) is 4.44. The summed E-state index contributed by atoms with van der Waals surface area (Å²) in [5.74, 6) is -0.412. The van der Waals surface area contributed by atoms with Crippen LogP contribution in [0.5, 0.6) is 0 Å². The number of hydrogen-bond acceptors (Lipinski definition) is 3. The molecule has 1 aliphatic heterocycles. The van der Waals surface area contributed by atoms with Gasteiger partial charge in [0.2, 0.25) is 5.91 Å². The highest BCUT2D eigenvalue weighted by Gasteiger charge is 2.15. The topological polar surface area (TPSA) is 61.4 Å². The summed E-state index contributed by atoms with van der Waals surface area (Å²) in [4.78, 5) is 26.7. The highest BCUT2D eigenvalue weighted by Crippen LogP contribution is 2.26. The van der Waals surface area contributed by atoms with Crippen LogP contribution in [0.4, 0.5) is 11.4 Å². The Kier molecular flexibility index (Phi) is 8.58. The zero-order chi connectivity index (χ0) is 19.2. The van der Waals surface area contributed by atoms with Gasteiger partial charge in [-0.2, -0.15) is 0 Å². The fourth-order valence-electron chi connectivity index (χ4n) is 3.05. The summed E-state index contributed by atoms with van der Waals surface area (Å²) >= 11 is 12.3. The molecule has 2 aromatic carbocycles. The first-order valence-corrected chi connectivity index (χ1v) is 9.66. The van der Waals surface area contributed by atoms with Gasteiger partial charge in [0, 0.05) is 5.69 Å². The standard InChI is InChI=1S/C20H21Cl2N3O2.ClH/c21-16-7-3-2-6-15(16)20(27)23-14-8-9-18(17(22)12-14)24-19(26)13-25-10-4-1-5-11-25;/h2-3,6-9,12H,1,4-5,10-11,13H2,(H,23,27)(H,24,26);1H. The Balaban J connectivity index is 0.00000280. The minimum absolute atomic E-state index is 0. The van der Waals surface area contributed by atoms with Crippen molar-refractivity contribution >= 4 is 58.8 Å². The van der Waals surface area contributed by atoms with Crippen LogP contribution in [0.25, 0.3) is 0 Å². The second-order valence-electron chi connectivity index (χ2n) is 6.51. The Bertz CT molecular complexity index is 839.